The van der Waals surface area contributed by atoms with Crippen molar-refractivity contribution in [3.05, 3.63) is 65.5 Å². The molecule has 25 heavy (non-hydrogen) atoms. The fourth-order valence-electron chi connectivity index (χ4n) is 2.41. The molecule has 0 unspecified atom stereocenters. The lowest BCUT2D eigenvalue weighted by atomic mass is 10.1. The van der Waals surface area contributed by atoms with Gasteiger partial charge in [-0.3, -0.25) is 0 Å². The number of nitrogens with one attached hydrogen (secondary N) is 1. The Morgan fingerprint density at radius 3 is 2.80 bits per heavy atom. The van der Waals surface area contributed by atoms with Crippen LogP contribution in [-0.4, -0.2) is 35.8 Å². The van der Waals surface area contributed by atoms with Crippen molar-refractivity contribution in [2.24, 2.45) is 0 Å². The Morgan fingerprint density at radius 2 is 2.04 bits per heavy atom. The Kier molecular flexibility index (Phi) is 4.98. The summed E-state index contributed by atoms with van der Waals surface area (Å²) in [6, 6.07) is 11.6. The molecule has 1 aromatic carbocycles. The summed E-state index contributed by atoms with van der Waals surface area (Å²) >= 11 is 0. The summed E-state index contributed by atoms with van der Waals surface area (Å²) in [4.78, 5) is 19.2. The molecule has 0 atom stereocenters. The number of anilines is 1. The standard InChI is InChI=1S/C17H18N6O2/c1-12-9-14(16(24)25)21-17(20-12)18-10-15-22-19-11-23(15)8-7-13-5-3-2-4-6-13/h2-6,9,11H,7-8,10H2,1H3,(H,24,25)(H,18,20,21). The Balaban J connectivity index is 1.65. The first-order valence-corrected chi connectivity index (χ1v) is 7.85. The zero-order chi connectivity index (χ0) is 17.6. The first-order chi connectivity index (χ1) is 12.1. The largest absolute Gasteiger partial charge is 0.477 e. The summed E-state index contributed by atoms with van der Waals surface area (Å²) in [6.45, 7) is 2.84. The van der Waals surface area contributed by atoms with Gasteiger partial charge in [0.15, 0.2) is 11.5 Å². The van der Waals surface area contributed by atoms with Crippen LogP contribution in [0.5, 0.6) is 0 Å². The molecule has 2 N–H and O–H groups in total. The minimum Gasteiger partial charge on any atom is -0.477 e. The fraction of sp³-hybridized carbons (Fsp3) is 0.235. The van der Waals surface area contributed by atoms with Gasteiger partial charge in [0, 0.05) is 12.2 Å². The summed E-state index contributed by atoms with van der Waals surface area (Å²) in [7, 11) is 0. The summed E-state index contributed by atoms with van der Waals surface area (Å²) in [6.07, 6.45) is 2.55. The van der Waals surface area contributed by atoms with Crippen LogP contribution in [0, 0.1) is 6.92 Å². The molecule has 3 rings (SSSR count). The minimum absolute atomic E-state index is 0.0412. The number of aromatic nitrogens is 5. The van der Waals surface area contributed by atoms with Crippen LogP contribution in [0.2, 0.25) is 0 Å². The lowest BCUT2D eigenvalue weighted by molar-refractivity contribution is 0.0690. The van der Waals surface area contributed by atoms with Crippen LogP contribution in [-0.2, 0) is 19.5 Å². The molecular weight excluding hydrogens is 320 g/mol. The molecule has 0 saturated carbocycles. The van der Waals surface area contributed by atoms with Gasteiger partial charge in [-0.15, -0.1) is 10.2 Å². The van der Waals surface area contributed by atoms with Gasteiger partial charge in [0.05, 0.1) is 6.54 Å². The second kappa shape index (κ2) is 7.52. The molecule has 0 radical (unpaired) electrons. The molecule has 0 aliphatic rings. The maximum atomic E-state index is 11.1. The first-order valence-electron chi connectivity index (χ1n) is 7.85. The Hall–Kier alpha value is -3.29. The predicted molar refractivity (Wildman–Crippen MR) is 91.2 cm³/mol. The minimum atomic E-state index is -1.08. The van der Waals surface area contributed by atoms with Crippen molar-refractivity contribution in [1.29, 1.82) is 0 Å². The molecule has 128 valence electrons. The highest BCUT2D eigenvalue weighted by Gasteiger charge is 2.10. The van der Waals surface area contributed by atoms with Gasteiger partial charge in [0.25, 0.3) is 0 Å². The van der Waals surface area contributed by atoms with E-state index in [-0.39, 0.29) is 11.6 Å². The van der Waals surface area contributed by atoms with Crippen LogP contribution in [0.3, 0.4) is 0 Å². The van der Waals surface area contributed by atoms with Crippen LogP contribution in [0.1, 0.15) is 27.6 Å². The average Bonchev–Trinajstić information content (AvgIpc) is 3.06. The molecule has 0 bridgehead atoms. The van der Waals surface area contributed by atoms with E-state index in [4.69, 9.17) is 5.11 Å². The van der Waals surface area contributed by atoms with Crippen molar-refractivity contribution >= 4 is 11.9 Å². The molecule has 0 aliphatic heterocycles. The molecule has 0 aliphatic carbocycles. The number of benzene rings is 1. The lowest BCUT2D eigenvalue weighted by Gasteiger charge is -2.09. The third kappa shape index (κ3) is 4.37. The van der Waals surface area contributed by atoms with E-state index in [1.54, 1.807) is 13.3 Å². The number of aryl methyl sites for hydroxylation is 3. The van der Waals surface area contributed by atoms with E-state index in [2.05, 4.69) is 37.6 Å². The molecule has 2 aromatic heterocycles. The number of aromatic carboxylic acids is 1. The van der Waals surface area contributed by atoms with Crippen molar-refractivity contribution in [1.82, 2.24) is 24.7 Å². The zero-order valence-electron chi connectivity index (χ0n) is 13.8. The number of nitrogens with zero attached hydrogens (tertiary/aromatic N) is 5. The third-order valence-corrected chi connectivity index (χ3v) is 3.66. The average molecular weight is 338 g/mol. The molecule has 0 saturated heterocycles. The van der Waals surface area contributed by atoms with Gasteiger partial charge in [-0.2, -0.15) is 0 Å². The third-order valence-electron chi connectivity index (χ3n) is 3.66. The first kappa shape index (κ1) is 16.6. The van der Waals surface area contributed by atoms with Gasteiger partial charge < -0.3 is 15.0 Å². The number of carboxylic acid groups (broad SMARTS) is 1. The van der Waals surface area contributed by atoms with Gasteiger partial charge in [-0.05, 0) is 25.0 Å². The predicted octanol–water partition coefficient (Wildman–Crippen LogP) is 1.93. The molecule has 8 heteroatoms. The summed E-state index contributed by atoms with van der Waals surface area (Å²) in [5, 5.41) is 20.1. The van der Waals surface area contributed by atoms with Crippen molar-refractivity contribution < 1.29 is 9.90 Å². The summed E-state index contributed by atoms with van der Waals surface area (Å²) < 4.78 is 1.95. The lowest BCUT2D eigenvalue weighted by Crippen LogP contribution is -2.13. The second-order valence-corrected chi connectivity index (χ2v) is 5.55. The molecule has 8 nitrogen and oxygen atoms in total. The van der Waals surface area contributed by atoms with E-state index in [1.807, 2.05) is 22.8 Å². The van der Waals surface area contributed by atoms with Crippen LogP contribution >= 0.6 is 0 Å². The van der Waals surface area contributed by atoms with Crippen LogP contribution in [0.4, 0.5) is 5.95 Å². The number of rotatable bonds is 7. The van der Waals surface area contributed by atoms with Crippen LogP contribution < -0.4 is 5.32 Å². The molecule has 0 fully saturated rings. The van der Waals surface area contributed by atoms with Gasteiger partial charge in [-0.1, -0.05) is 30.3 Å². The number of hydrogen-bond acceptors (Lipinski definition) is 6. The molecule has 3 aromatic rings. The molecule has 2 heterocycles. The molecule has 0 spiro atoms. The number of hydrogen-bond donors (Lipinski definition) is 2. The van der Waals surface area contributed by atoms with Crippen molar-refractivity contribution in [3.8, 4) is 0 Å². The normalized spacial score (nSPS) is 10.6. The van der Waals surface area contributed by atoms with Gasteiger partial charge >= 0.3 is 5.97 Å². The smallest absolute Gasteiger partial charge is 0.354 e. The van der Waals surface area contributed by atoms with Crippen molar-refractivity contribution in [3.63, 3.8) is 0 Å². The van der Waals surface area contributed by atoms with Crippen molar-refractivity contribution in [2.75, 3.05) is 5.32 Å². The van der Waals surface area contributed by atoms with Crippen LogP contribution in [0.25, 0.3) is 0 Å². The van der Waals surface area contributed by atoms with E-state index in [0.29, 0.717) is 12.2 Å². The number of carbonyl (C=O) groups is 1. The zero-order valence-corrected chi connectivity index (χ0v) is 13.8. The maximum absolute atomic E-state index is 11.1. The molecule has 0 amide bonds. The highest BCUT2D eigenvalue weighted by atomic mass is 16.4. The van der Waals surface area contributed by atoms with E-state index >= 15 is 0 Å². The SMILES string of the molecule is Cc1cc(C(=O)O)nc(NCc2nncn2CCc2ccccc2)n1. The Labute approximate surface area is 144 Å². The molecular formula is C17H18N6O2. The summed E-state index contributed by atoms with van der Waals surface area (Å²) in [5.74, 6) is -0.0903. The van der Waals surface area contributed by atoms with E-state index in [1.165, 1.54) is 11.6 Å². The Bertz CT molecular complexity index is 863. The Morgan fingerprint density at radius 1 is 1.24 bits per heavy atom. The van der Waals surface area contributed by atoms with Gasteiger partial charge in [-0.25, -0.2) is 14.8 Å². The maximum Gasteiger partial charge on any atom is 0.354 e. The van der Waals surface area contributed by atoms with E-state index < -0.39 is 5.97 Å². The fourth-order valence-corrected chi connectivity index (χ4v) is 2.41. The van der Waals surface area contributed by atoms with Gasteiger partial charge in [0.2, 0.25) is 5.95 Å². The quantitative estimate of drug-likeness (QED) is 0.678. The van der Waals surface area contributed by atoms with Crippen LogP contribution in [0.15, 0.2) is 42.7 Å². The highest BCUT2D eigenvalue weighted by Crippen LogP contribution is 2.08. The topological polar surface area (TPSA) is 106 Å². The monoisotopic (exact) mass is 338 g/mol. The van der Waals surface area contributed by atoms with Crippen molar-refractivity contribution in [2.45, 2.75) is 26.4 Å². The summed E-state index contributed by atoms with van der Waals surface area (Å²) in [5.41, 5.74) is 1.78. The van der Waals surface area contributed by atoms with E-state index in [9.17, 15) is 4.79 Å². The number of carboxylic acids is 1. The highest BCUT2D eigenvalue weighted by molar-refractivity contribution is 5.85. The van der Waals surface area contributed by atoms with Gasteiger partial charge in [0.1, 0.15) is 6.33 Å². The van der Waals surface area contributed by atoms with E-state index in [0.717, 1.165) is 18.8 Å². The second-order valence-electron chi connectivity index (χ2n) is 5.55.